The molecule has 0 spiro atoms. The van der Waals surface area contributed by atoms with Crippen LogP contribution in [0, 0.1) is 5.92 Å². The van der Waals surface area contributed by atoms with Crippen molar-refractivity contribution in [1.82, 2.24) is 24.6 Å². The minimum Gasteiger partial charge on any atom is -0.342 e. The van der Waals surface area contributed by atoms with Gasteiger partial charge in [-0.15, -0.1) is 0 Å². The van der Waals surface area contributed by atoms with Crippen molar-refractivity contribution in [2.45, 2.75) is 51.5 Å². The van der Waals surface area contributed by atoms with Gasteiger partial charge in [0.1, 0.15) is 0 Å². The Labute approximate surface area is 165 Å². The van der Waals surface area contributed by atoms with Crippen molar-refractivity contribution in [3.8, 4) is 0 Å². The maximum Gasteiger partial charge on any atom is 0.227 e. The standard InChI is InChI=1S/C21H29N5O2/c1-21(2,3)26-13-15(12-17(26)27)20(28)25-10-7-14(8-11-25)18-16-6-5-9-22-19(16)24(4)23-18/h5-6,9,14-15H,7-8,10-13H2,1-4H3/t15-/m0/s1. The number of carbonyl (C=O) groups is 2. The van der Waals surface area contributed by atoms with Crippen molar-refractivity contribution >= 4 is 22.8 Å². The maximum atomic E-state index is 13.0. The largest absolute Gasteiger partial charge is 0.342 e. The van der Waals surface area contributed by atoms with Gasteiger partial charge in [-0.3, -0.25) is 14.3 Å². The molecule has 2 aromatic rings. The number of rotatable bonds is 2. The number of likely N-dealkylation sites (tertiary alicyclic amines) is 2. The third-order valence-corrected chi connectivity index (χ3v) is 6.10. The van der Waals surface area contributed by atoms with Crippen molar-refractivity contribution in [1.29, 1.82) is 0 Å². The van der Waals surface area contributed by atoms with Crippen molar-refractivity contribution in [3.63, 3.8) is 0 Å². The summed E-state index contributed by atoms with van der Waals surface area (Å²) in [6.07, 6.45) is 3.93. The zero-order chi connectivity index (χ0) is 20.1. The molecule has 2 amide bonds. The summed E-state index contributed by atoms with van der Waals surface area (Å²) in [5.74, 6) is 0.357. The van der Waals surface area contributed by atoms with E-state index >= 15 is 0 Å². The number of fused-ring (bicyclic) bond motifs is 1. The predicted molar refractivity (Wildman–Crippen MR) is 107 cm³/mol. The number of aromatic nitrogens is 3. The van der Waals surface area contributed by atoms with Crippen LogP contribution in [0.1, 0.15) is 51.6 Å². The fraction of sp³-hybridized carbons (Fsp3) is 0.619. The molecule has 1 atom stereocenters. The summed E-state index contributed by atoms with van der Waals surface area (Å²) < 4.78 is 1.84. The number of hydrogen-bond acceptors (Lipinski definition) is 4. The molecule has 4 heterocycles. The van der Waals surface area contributed by atoms with Crippen LogP contribution in [0.5, 0.6) is 0 Å². The first kappa shape index (κ1) is 18.9. The lowest BCUT2D eigenvalue weighted by Gasteiger charge is -2.34. The molecule has 7 heteroatoms. The first-order valence-electron chi connectivity index (χ1n) is 10.1. The van der Waals surface area contributed by atoms with Gasteiger partial charge in [-0.2, -0.15) is 5.10 Å². The van der Waals surface area contributed by atoms with E-state index in [1.165, 1.54) is 0 Å². The highest BCUT2D eigenvalue weighted by Gasteiger charge is 2.41. The van der Waals surface area contributed by atoms with Crippen LogP contribution in [0.2, 0.25) is 0 Å². The first-order chi connectivity index (χ1) is 13.3. The SMILES string of the molecule is Cn1nc(C2CCN(C(=O)[C@H]3CC(=O)N(C(C)(C)C)C3)CC2)c2cccnc21. The van der Waals surface area contributed by atoms with Gasteiger partial charge in [-0.05, 0) is 45.7 Å². The summed E-state index contributed by atoms with van der Waals surface area (Å²) in [4.78, 5) is 33.5. The monoisotopic (exact) mass is 383 g/mol. The molecule has 0 aliphatic carbocycles. The number of amides is 2. The Morgan fingerprint density at radius 3 is 2.57 bits per heavy atom. The summed E-state index contributed by atoms with van der Waals surface area (Å²) in [6, 6.07) is 4.03. The lowest BCUT2D eigenvalue weighted by Crippen LogP contribution is -2.45. The second-order valence-corrected chi connectivity index (χ2v) is 9.06. The summed E-state index contributed by atoms with van der Waals surface area (Å²) in [6.45, 7) is 8.06. The van der Waals surface area contributed by atoms with Gasteiger partial charge < -0.3 is 9.80 Å². The number of piperidine rings is 1. The Morgan fingerprint density at radius 2 is 1.93 bits per heavy atom. The molecule has 150 valence electrons. The molecule has 0 bridgehead atoms. The van der Waals surface area contributed by atoms with E-state index in [1.54, 1.807) is 6.20 Å². The summed E-state index contributed by atoms with van der Waals surface area (Å²) in [7, 11) is 1.93. The van der Waals surface area contributed by atoms with Crippen molar-refractivity contribution in [2.75, 3.05) is 19.6 Å². The molecule has 2 aliphatic rings. The first-order valence-corrected chi connectivity index (χ1v) is 10.1. The van der Waals surface area contributed by atoms with Crippen LogP contribution in [-0.4, -0.2) is 61.6 Å². The molecule has 28 heavy (non-hydrogen) atoms. The van der Waals surface area contributed by atoms with Crippen LogP contribution >= 0.6 is 0 Å². The lowest BCUT2D eigenvalue weighted by atomic mass is 9.91. The van der Waals surface area contributed by atoms with Crippen LogP contribution in [0.15, 0.2) is 18.3 Å². The molecule has 7 nitrogen and oxygen atoms in total. The summed E-state index contributed by atoms with van der Waals surface area (Å²) in [5, 5.41) is 5.82. The number of nitrogens with zero attached hydrogens (tertiary/aromatic N) is 5. The highest BCUT2D eigenvalue weighted by molar-refractivity contribution is 5.89. The van der Waals surface area contributed by atoms with Crippen LogP contribution in [0.25, 0.3) is 11.0 Å². The number of aryl methyl sites for hydroxylation is 1. The fourth-order valence-corrected chi connectivity index (χ4v) is 4.57. The van der Waals surface area contributed by atoms with E-state index in [2.05, 4.69) is 11.1 Å². The summed E-state index contributed by atoms with van der Waals surface area (Å²) >= 11 is 0. The van der Waals surface area contributed by atoms with E-state index in [-0.39, 0.29) is 23.3 Å². The third kappa shape index (κ3) is 3.27. The number of carbonyl (C=O) groups excluding carboxylic acids is 2. The highest BCUT2D eigenvalue weighted by Crippen LogP contribution is 2.33. The smallest absolute Gasteiger partial charge is 0.227 e. The zero-order valence-corrected chi connectivity index (χ0v) is 17.2. The Balaban J connectivity index is 1.42. The molecule has 2 fully saturated rings. The minimum absolute atomic E-state index is 0.0909. The van der Waals surface area contributed by atoms with Gasteiger partial charge in [0.05, 0.1) is 11.6 Å². The van der Waals surface area contributed by atoms with E-state index < -0.39 is 0 Å². The van der Waals surface area contributed by atoms with Gasteiger partial charge in [-0.1, -0.05) is 0 Å². The van der Waals surface area contributed by atoms with Crippen LogP contribution in [0.4, 0.5) is 0 Å². The zero-order valence-electron chi connectivity index (χ0n) is 17.2. The van der Waals surface area contributed by atoms with Gasteiger partial charge in [-0.25, -0.2) is 4.98 Å². The molecule has 2 aliphatic heterocycles. The Hall–Kier alpha value is -2.44. The van der Waals surface area contributed by atoms with Gasteiger partial charge in [0.25, 0.3) is 0 Å². The average Bonchev–Trinajstić information content (AvgIpc) is 3.22. The topological polar surface area (TPSA) is 71.3 Å². The quantitative estimate of drug-likeness (QED) is 0.798. The number of hydrogen-bond donors (Lipinski definition) is 0. The third-order valence-electron chi connectivity index (χ3n) is 6.10. The Bertz CT molecular complexity index is 905. The van der Waals surface area contributed by atoms with Gasteiger partial charge in [0, 0.05) is 56.1 Å². The van der Waals surface area contributed by atoms with E-state index in [0.29, 0.717) is 18.9 Å². The average molecular weight is 383 g/mol. The van der Waals surface area contributed by atoms with Crippen molar-refractivity contribution < 1.29 is 9.59 Å². The van der Waals surface area contributed by atoms with Crippen molar-refractivity contribution in [2.24, 2.45) is 13.0 Å². The fourth-order valence-electron chi connectivity index (χ4n) is 4.57. The number of pyridine rings is 1. The van der Waals surface area contributed by atoms with Gasteiger partial charge in [0.15, 0.2) is 5.65 Å². The molecule has 2 aromatic heterocycles. The van der Waals surface area contributed by atoms with Crippen LogP contribution in [-0.2, 0) is 16.6 Å². The normalized spacial score (nSPS) is 21.7. The highest BCUT2D eigenvalue weighted by atomic mass is 16.2. The van der Waals surface area contributed by atoms with Gasteiger partial charge in [0.2, 0.25) is 11.8 Å². The van der Waals surface area contributed by atoms with E-state index in [0.717, 1.165) is 42.7 Å². The molecule has 0 saturated carbocycles. The predicted octanol–water partition coefficient (Wildman–Crippen LogP) is 2.32. The molecule has 2 saturated heterocycles. The Kier molecular flexibility index (Phi) is 4.63. The lowest BCUT2D eigenvalue weighted by molar-refractivity contribution is -0.136. The molecular weight excluding hydrogens is 354 g/mol. The summed E-state index contributed by atoms with van der Waals surface area (Å²) in [5.41, 5.74) is 1.77. The molecule has 0 radical (unpaired) electrons. The van der Waals surface area contributed by atoms with Gasteiger partial charge >= 0.3 is 0 Å². The van der Waals surface area contributed by atoms with Crippen LogP contribution in [0.3, 0.4) is 0 Å². The van der Waals surface area contributed by atoms with Crippen molar-refractivity contribution in [3.05, 3.63) is 24.0 Å². The molecule has 0 N–H and O–H groups in total. The Morgan fingerprint density at radius 1 is 1.21 bits per heavy atom. The molecule has 4 rings (SSSR count). The second kappa shape index (κ2) is 6.87. The van der Waals surface area contributed by atoms with Crippen LogP contribution < -0.4 is 0 Å². The molecular formula is C21H29N5O2. The molecule has 0 unspecified atom stereocenters. The van der Waals surface area contributed by atoms with E-state index in [9.17, 15) is 9.59 Å². The maximum absolute atomic E-state index is 13.0. The second-order valence-electron chi connectivity index (χ2n) is 9.06. The minimum atomic E-state index is -0.229. The van der Waals surface area contributed by atoms with E-state index in [4.69, 9.17) is 5.10 Å². The molecule has 0 aromatic carbocycles. The van der Waals surface area contributed by atoms with E-state index in [1.807, 2.05) is 48.4 Å².